The fraction of sp³-hybridized carbons (Fsp3) is 0.361. The summed E-state index contributed by atoms with van der Waals surface area (Å²) in [4.78, 5) is 49.6. The number of ether oxygens (including phenoxy) is 1. The first-order valence-corrected chi connectivity index (χ1v) is 15.5. The van der Waals surface area contributed by atoms with Crippen molar-refractivity contribution in [3.8, 4) is 5.75 Å². The SMILES string of the molecule is CCC(C)(C)c1ccc(OCC(=O)Nc2ccc(N3N=C(NC(=O)c4cccc(NC(C)=O)c4)CC3=O)cc2)c(C(C)(C)CC)c1. The van der Waals surface area contributed by atoms with Crippen LogP contribution in [0.15, 0.2) is 71.8 Å². The van der Waals surface area contributed by atoms with E-state index in [9.17, 15) is 19.2 Å². The highest BCUT2D eigenvalue weighted by molar-refractivity contribution is 6.18. The molecular formula is C36H43N5O5. The largest absolute Gasteiger partial charge is 0.483 e. The van der Waals surface area contributed by atoms with E-state index in [1.165, 1.54) is 17.5 Å². The van der Waals surface area contributed by atoms with Gasteiger partial charge < -0.3 is 20.7 Å². The number of nitrogens with one attached hydrogen (secondary N) is 3. The van der Waals surface area contributed by atoms with Crippen molar-refractivity contribution in [3.63, 3.8) is 0 Å². The minimum atomic E-state index is -0.452. The molecule has 0 saturated carbocycles. The van der Waals surface area contributed by atoms with Crippen LogP contribution in [0.1, 0.15) is 89.2 Å². The number of amidine groups is 1. The summed E-state index contributed by atoms with van der Waals surface area (Å²) in [6.07, 6.45) is 1.84. The molecule has 0 saturated heterocycles. The molecule has 0 radical (unpaired) electrons. The van der Waals surface area contributed by atoms with Gasteiger partial charge in [0.05, 0.1) is 12.1 Å². The molecule has 3 N–H and O–H groups in total. The summed E-state index contributed by atoms with van der Waals surface area (Å²) in [5.41, 5.74) is 4.05. The van der Waals surface area contributed by atoms with Gasteiger partial charge in [-0.2, -0.15) is 10.1 Å². The van der Waals surface area contributed by atoms with E-state index in [1.54, 1.807) is 48.5 Å². The number of amides is 4. The van der Waals surface area contributed by atoms with Gasteiger partial charge in [-0.1, -0.05) is 59.7 Å². The molecule has 4 amide bonds. The number of hydrogen-bond donors (Lipinski definition) is 3. The molecule has 242 valence electrons. The number of carbonyl (C=O) groups is 4. The Hall–Kier alpha value is -4.99. The predicted molar refractivity (Wildman–Crippen MR) is 181 cm³/mol. The van der Waals surface area contributed by atoms with E-state index in [-0.39, 0.29) is 47.4 Å². The average Bonchev–Trinajstić information content (AvgIpc) is 3.39. The molecule has 3 aromatic carbocycles. The van der Waals surface area contributed by atoms with Crippen LogP contribution in [0.5, 0.6) is 5.75 Å². The van der Waals surface area contributed by atoms with Gasteiger partial charge in [-0.3, -0.25) is 19.2 Å². The Morgan fingerprint density at radius 2 is 1.54 bits per heavy atom. The molecule has 0 spiro atoms. The molecule has 4 rings (SSSR count). The topological polar surface area (TPSA) is 129 Å². The van der Waals surface area contributed by atoms with Crippen LogP contribution < -0.4 is 25.7 Å². The average molecular weight is 626 g/mol. The minimum absolute atomic E-state index is 0.0310. The van der Waals surface area contributed by atoms with Crippen molar-refractivity contribution in [2.45, 2.75) is 78.6 Å². The van der Waals surface area contributed by atoms with Crippen molar-refractivity contribution in [1.82, 2.24) is 5.32 Å². The van der Waals surface area contributed by atoms with Gasteiger partial charge in [0, 0.05) is 29.4 Å². The van der Waals surface area contributed by atoms with Gasteiger partial charge in [0.2, 0.25) is 5.91 Å². The van der Waals surface area contributed by atoms with Crippen LogP contribution in [0.3, 0.4) is 0 Å². The quantitative estimate of drug-likeness (QED) is 0.224. The summed E-state index contributed by atoms with van der Waals surface area (Å²) in [7, 11) is 0. The molecule has 0 aliphatic carbocycles. The van der Waals surface area contributed by atoms with Crippen LogP contribution in [0, 0.1) is 0 Å². The van der Waals surface area contributed by atoms with Crippen molar-refractivity contribution in [3.05, 3.63) is 83.4 Å². The van der Waals surface area contributed by atoms with E-state index in [4.69, 9.17) is 4.74 Å². The third-order valence-electron chi connectivity index (χ3n) is 8.49. The fourth-order valence-corrected chi connectivity index (χ4v) is 4.87. The second-order valence-electron chi connectivity index (χ2n) is 12.7. The van der Waals surface area contributed by atoms with Crippen LogP contribution >= 0.6 is 0 Å². The van der Waals surface area contributed by atoms with Crippen LogP contribution in [-0.2, 0) is 25.2 Å². The zero-order chi connectivity index (χ0) is 33.6. The lowest BCUT2D eigenvalue weighted by Crippen LogP contribution is -2.29. The van der Waals surface area contributed by atoms with Crippen LogP contribution in [0.2, 0.25) is 0 Å². The van der Waals surface area contributed by atoms with Crippen LogP contribution in [-0.4, -0.2) is 36.1 Å². The third-order valence-corrected chi connectivity index (χ3v) is 8.49. The molecule has 0 bridgehead atoms. The van der Waals surface area contributed by atoms with Crippen molar-refractivity contribution >= 4 is 46.5 Å². The predicted octanol–water partition coefficient (Wildman–Crippen LogP) is 6.52. The maximum absolute atomic E-state index is 12.8. The van der Waals surface area contributed by atoms with E-state index in [0.29, 0.717) is 28.4 Å². The van der Waals surface area contributed by atoms with Gasteiger partial charge in [-0.15, -0.1) is 0 Å². The van der Waals surface area contributed by atoms with Crippen LogP contribution in [0.25, 0.3) is 0 Å². The van der Waals surface area contributed by atoms with Crippen molar-refractivity contribution < 1.29 is 23.9 Å². The molecule has 1 aliphatic heterocycles. The first kappa shape index (κ1) is 33.9. The number of hydrazone groups is 1. The van der Waals surface area contributed by atoms with Gasteiger partial charge in [-0.05, 0) is 77.8 Å². The lowest BCUT2D eigenvalue weighted by molar-refractivity contribution is -0.118. The molecule has 10 heteroatoms. The number of benzene rings is 3. The monoisotopic (exact) mass is 625 g/mol. The zero-order valence-electron chi connectivity index (χ0n) is 27.6. The Morgan fingerprint density at radius 3 is 2.20 bits per heavy atom. The fourth-order valence-electron chi connectivity index (χ4n) is 4.87. The molecule has 46 heavy (non-hydrogen) atoms. The van der Waals surface area contributed by atoms with Gasteiger partial charge in [0.25, 0.3) is 17.7 Å². The Bertz CT molecular complexity index is 1660. The molecule has 0 fully saturated rings. The highest BCUT2D eigenvalue weighted by Gasteiger charge is 2.28. The highest BCUT2D eigenvalue weighted by atomic mass is 16.5. The van der Waals surface area contributed by atoms with Gasteiger partial charge in [0.15, 0.2) is 6.61 Å². The smallest absolute Gasteiger partial charge is 0.262 e. The summed E-state index contributed by atoms with van der Waals surface area (Å²) in [5.74, 6) is -0.430. The second kappa shape index (κ2) is 14.0. The Morgan fingerprint density at radius 1 is 0.848 bits per heavy atom. The van der Waals surface area contributed by atoms with Gasteiger partial charge >= 0.3 is 0 Å². The second-order valence-corrected chi connectivity index (χ2v) is 12.7. The first-order valence-electron chi connectivity index (χ1n) is 15.5. The lowest BCUT2D eigenvalue weighted by atomic mass is 9.76. The van der Waals surface area contributed by atoms with E-state index in [2.05, 4.69) is 74.7 Å². The number of anilines is 3. The molecule has 1 aliphatic rings. The third kappa shape index (κ3) is 8.18. The molecular weight excluding hydrogens is 582 g/mol. The minimum Gasteiger partial charge on any atom is -0.483 e. The summed E-state index contributed by atoms with van der Waals surface area (Å²) < 4.78 is 6.04. The van der Waals surface area contributed by atoms with E-state index in [0.717, 1.165) is 18.4 Å². The summed E-state index contributed by atoms with van der Waals surface area (Å²) >= 11 is 0. The number of hydrogen-bond acceptors (Lipinski definition) is 6. The normalized spacial score (nSPS) is 13.2. The molecule has 0 aromatic heterocycles. The Balaban J connectivity index is 1.38. The molecule has 3 aromatic rings. The van der Waals surface area contributed by atoms with E-state index >= 15 is 0 Å². The summed E-state index contributed by atoms with van der Waals surface area (Å²) in [6.45, 7) is 14.4. The highest BCUT2D eigenvalue weighted by Crippen LogP contribution is 2.38. The Kier molecular flexibility index (Phi) is 10.3. The lowest BCUT2D eigenvalue weighted by Gasteiger charge is -2.30. The molecule has 1 heterocycles. The Labute approximate surface area is 270 Å². The van der Waals surface area contributed by atoms with Gasteiger partial charge in [-0.25, -0.2) is 0 Å². The zero-order valence-corrected chi connectivity index (χ0v) is 27.6. The summed E-state index contributed by atoms with van der Waals surface area (Å²) in [5, 5.41) is 13.6. The first-order chi connectivity index (χ1) is 21.7. The molecule has 0 atom stereocenters. The van der Waals surface area contributed by atoms with Crippen molar-refractivity contribution in [2.75, 3.05) is 22.2 Å². The standard InChI is InChI=1S/C36H43N5O5/c1-8-35(4,5)25-13-18-30(29(20-25)36(6,7)9-2)46-22-32(43)38-26-14-16-28(17-15-26)41-33(44)21-31(40-41)39-34(45)24-11-10-12-27(19-24)37-23(3)42/h10-20H,8-9,21-22H2,1-7H3,(H,37,42)(H,38,43)(H,39,40,45). The number of rotatable bonds is 11. The number of carbonyl (C=O) groups excluding carboxylic acids is 4. The van der Waals surface area contributed by atoms with Crippen LogP contribution in [0.4, 0.5) is 17.1 Å². The maximum Gasteiger partial charge on any atom is 0.262 e. The number of nitrogens with zero attached hydrogens (tertiary/aromatic N) is 2. The maximum atomic E-state index is 12.8. The van der Waals surface area contributed by atoms with E-state index < -0.39 is 5.91 Å². The molecule has 0 unspecified atom stereocenters. The summed E-state index contributed by atoms with van der Waals surface area (Å²) in [6, 6.07) is 19.4. The van der Waals surface area contributed by atoms with Gasteiger partial charge in [0.1, 0.15) is 11.6 Å². The van der Waals surface area contributed by atoms with Crippen molar-refractivity contribution in [2.24, 2.45) is 5.10 Å². The molecule has 10 nitrogen and oxygen atoms in total. The van der Waals surface area contributed by atoms with Crippen molar-refractivity contribution in [1.29, 1.82) is 0 Å². The van der Waals surface area contributed by atoms with E-state index in [1.807, 2.05) is 6.07 Å².